The van der Waals surface area contributed by atoms with Gasteiger partial charge in [0.25, 0.3) is 0 Å². The van der Waals surface area contributed by atoms with E-state index in [1.807, 2.05) is 25.3 Å². The van der Waals surface area contributed by atoms with Gasteiger partial charge >= 0.3 is 0 Å². The van der Waals surface area contributed by atoms with Crippen molar-refractivity contribution in [2.24, 2.45) is 57.2 Å². The molecule has 9 rings (SSSR count). The Bertz CT molecular complexity index is 1810. The zero-order valence-electron chi connectivity index (χ0n) is 62.4. The fourth-order valence-corrected chi connectivity index (χ4v) is 10.2. The van der Waals surface area contributed by atoms with Crippen molar-refractivity contribution in [1.29, 1.82) is 0 Å². The highest BCUT2D eigenvalue weighted by Gasteiger charge is 2.61. The molecule has 0 atom stereocenters. The highest BCUT2D eigenvalue weighted by molar-refractivity contribution is 7.07. The van der Waals surface area contributed by atoms with E-state index in [9.17, 15) is 0 Å². The predicted molar refractivity (Wildman–Crippen MR) is 392 cm³/mol. The zero-order chi connectivity index (χ0) is 65.0. The van der Waals surface area contributed by atoms with E-state index < -0.39 is 0 Å². The van der Waals surface area contributed by atoms with Gasteiger partial charge in [0.1, 0.15) is 5.76 Å². The third kappa shape index (κ3) is 55.1. The van der Waals surface area contributed by atoms with Crippen LogP contribution in [-0.2, 0) is 0 Å². The van der Waals surface area contributed by atoms with Gasteiger partial charge in [0.05, 0.1) is 6.26 Å². The quantitative estimate of drug-likeness (QED) is 0.168. The van der Waals surface area contributed by atoms with Crippen LogP contribution in [-0.4, -0.2) is 4.98 Å². The van der Waals surface area contributed by atoms with Crippen molar-refractivity contribution >= 4 is 22.2 Å². The fourth-order valence-electron chi connectivity index (χ4n) is 9.50. The average molecular weight is 1190 g/mol. The molecule has 0 radical (unpaired) electrons. The van der Waals surface area contributed by atoms with Crippen molar-refractivity contribution in [3.63, 3.8) is 0 Å². The van der Waals surface area contributed by atoms with Gasteiger partial charge in [0.15, 0.2) is 0 Å². The molecule has 0 unspecified atom stereocenters. The molecule has 0 saturated heterocycles. The SMILES string of the molecule is CC1C(C)(C)C1(C)C.CCC(C)(C)C.CCC1CC1.CCC1CCC1.CCC1CCCC1.CCC1CCCCC1.CCCC.CCCC(C)(C)C.CCCC(C)C.CCCCC.Cc1ccc2cc[nH]c2c1.Cc1ccco1.Cc1ccsc1. The number of aryl methyl sites for hydroxylation is 3. The molecule has 5 fully saturated rings. The Hall–Kier alpha value is -2.26. The van der Waals surface area contributed by atoms with Crippen LogP contribution < -0.4 is 0 Å². The van der Waals surface area contributed by atoms with E-state index >= 15 is 0 Å². The molecule has 1 aromatic carbocycles. The molecule has 5 saturated carbocycles. The molecule has 84 heavy (non-hydrogen) atoms. The summed E-state index contributed by atoms with van der Waals surface area (Å²) in [5.74, 6) is 7.21. The number of H-pyrrole nitrogens is 1. The highest BCUT2D eigenvalue weighted by atomic mass is 32.1. The maximum absolute atomic E-state index is 4.83. The van der Waals surface area contributed by atoms with Gasteiger partial charge in [0.2, 0.25) is 0 Å². The number of furan rings is 1. The van der Waals surface area contributed by atoms with Crippen LogP contribution in [0, 0.1) is 77.9 Å². The number of hydrogen-bond donors (Lipinski definition) is 1. The first-order valence-electron chi connectivity index (χ1n) is 36.0. The lowest BCUT2D eigenvalue weighted by atomic mass is 9.84. The lowest BCUT2D eigenvalue weighted by molar-refractivity contribution is 0.307. The number of nitrogens with one attached hydrogen (secondary N) is 1. The minimum atomic E-state index is 0.542. The van der Waals surface area contributed by atoms with Crippen LogP contribution in [0.15, 0.2) is 70.1 Å². The van der Waals surface area contributed by atoms with Crippen LogP contribution in [0.5, 0.6) is 0 Å². The summed E-state index contributed by atoms with van der Waals surface area (Å²) in [6.45, 7) is 60.5. The second kappa shape index (κ2) is 54.9. The van der Waals surface area contributed by atoms with Gasteiger partial charge in [-0.3, -0.25) is 0 Å². The molecule has 0 amide bonds. The van der Waals surface area contributed by atoms with Gasteiger partial charge in [-0.05, 0) is 142 Å². The van der Waals surface area contributed by atoms with Crippen molar-refractivity contribution in [1.82, 2.24) is 4.98 Å². The van der Waals surface area contributed by atoms with E-state index in [1.54, 1.807) is 17.6 Å². The van der Waals surface area contributed by atoms with Crippen LogP contribution in [0.2, 0.25) is 0 Å². The Morgan fingerprint density at radius 3 is 1.15 bits per heavy atom. The number of thiophene rings is 1. The van der Waals surface area contributed by atoms with Gasteiger partial charge in [-0.2, -0.15) is 11.3 Å². The smallest absolute Gasteiger partial charge is 0.100 e. The standard InChI is InChI=1S/C9H9N.2C8H16.C7H14.C7H16.C6H12.2C6H14.C5H6O.C5H6S.C5H10.C5H12.C4H10/c1-7-2-3-8-4-5-10-9(8)6-7;1-6-7(2,3)8(6,4)5;1-2-8-6-4-3-5-7-8;1-2-7-5-3-4-6-7;1-5-6-7(2,3)4;1-2-6-4-3-5-6;1-5-6(2,3)4;1-4-5-6(2)3;1-5-3-2-4-6-5;1-5-2-3-6-4-5;1-2-5-3-4-5;1-3-5-4-2;1-3-4-2/h2-6,10H,1H3;6H,1-5H3;8H,2-7H2,1H3;7H,2-6H2,1H3;5-6H2,1-4H3;6H,2-5H2,1H3;5H2,1-4H3;6H,4-5H2,1-3H3;2*2-4H,1H3;5H,2-4H2,1H3;3-5H2,1-2H3;3-4H2,1-2H3. The molecule has 3 aromatic heterocycles. The van der Waals surface area contributed by atoms with Crippen molar-refractivity contribution in [2.75, 3.05) is 0 Å². The van der Waals surface area contributed by atoms with Crippen LogP contribution in [0.3, 0.4) is 0 Å². The maximum atomic E-state index is 4.83. The Kier molecular flexibility index (Phi) is 57.6. The Labute approximate surface area is 535 Å². The van der Waals surface area contributed by atoms with Crippen LogP contribution in [0.4, 0.5) is 0 Å². The van der Waals surface area contributed by atoms with Gasteiger partial charge in [-0.1, -0.05) is 352 Å². The number of aromatic amines is 1. The van der Waals surface area contributed by atoms with Crippen LogP contribution in [0.25, 0.3) is 10.9 Å². The summed E-state index contributed by atoms with van der Waals surface area (Å²) in [5.41, 5.74) is 6.18. The number of hydrogen-bond acceptors (Lipinski definition) is 2. The fraction of sp³-hybridized carbons (Fsp3) is 0.802. The van der Waals surface area contributed by atoms with E-state index in [0.717, 1.165) is 41.3 Å². The first-order chi connectivity index (χ1) is 39.5. The molecule has 3 heteroatoms. The van der Waals surface area contributed by atoms with E-state index in [4.69, 9.17) is 4.42 Å². The van der Waals surface area contributed by atoms with E-state index in [1.165, 1.54) is 202 Å². The molecule has 2 nitrogen and oxygen atoms in total. The topological polar surface area (TPSA) is 28.9 Å². The molecule has 0 bridgehead atoms. The number of unbranched alkanes of at least 4 members (excludes halogenated alkanes) is 3. The van der Waals surface area contributed by atoms with Crippen molar-refractivity contribution in [2.45, 2.75) is 367 Å². The van der Waals surface area contributed by atoms with Crippen molar-refractivity contribution in [3.05, 3.63) is 82.6 Å². The van der Waals surface area contributed by atoms with Crippen molar-refractivity contribution in [3.8, 4) is 0 Å². The first kappa shape index (κ1) is 88.2. The first-order valence-corrected chi connectivity index (χ1v) is 37.0. The van der Waals surface area contributed by atoms with E-state index in [2.05, 4.69) is 226 Å². The summed E-state index contributed by atoms with van der Waals surface area (Å²) in [6.07, 6.45) is 43.7. The molecular weight excluding hydrogens is 1030 g/mol. The third-order valence-corrected chi connectivity index (χ3v) is 19.1. The van der Waals surface area contributed by atoms with Crippen LogP contribution in [0.1, 0.15) is 363 Å². The molecule has 5 aliphatic rings. The van der Waals surface area contributed by atoms with E-state index in [-0.39, 0.29) is 0 Å². The summed E-state index contributed by atoms with van der Waals surface area (Å²) in [6, 6.07) is 14.4. The number of aromatic nitrogens is 1. The summed E-state index contributed by atoms with van der Waals surface area (Å²) in [5, 5.41) is 5.49. The molecule has 4 aromatic rings. The minimum Gasteiger partial charge on any atom is -0.470 e. The van der Waals surface area contributed by atoms with Gasteiger partial charge < -0.3 is 9.40 Å². The summed E-state index contributed by atoms with van der Waals surface area (Å²) in [7, 11) is 0. The van der Waals surface area contributed by atoms with Crippen molar-refractivity contribution < 1.29 is 4.42 Å². The molecular formula is C81H155NOS. The number of fused-ring (bicyclic) bond motifs is 1. The lowest BCUT2D eigenvalue weighted by Gasteiger charge is -2.22. The van der Waals surface area contributed by atoms with Crippen LogP contribution >= 0.6 is 11.3 Å². The summed E-state index contributed by atoms with van der Waals surface area (Å²) in [4.78, 5) is 3.16. The molecule has 0 spiro atoms. The summed E-state index contributed by atoms with van der Waals surface area (Å²) >= 11 is 1.74. The maximum Gasteiger partial charge on any atom is 0.100 e. The average Bonchev–Trinajstić information content (AvgIpc) is 1.77. The number of rotatable bonds is 10. The lowest BCUT2D eigenvalue weighted by Crippen LogP contribution is -2.08. The van der Waals surface area contributed by atoms with Gasteiger partial charge in [-0.15, -0.1) is 0 Å². The van der Waals surface area contributed by atoms with Gasteiger partial charge in [0, 0.05) is 11.7 Å². The monoisotopic (exact) mass is 1190 g/mol. The molecule has 1 N–H and O–H groups in total. The highest BCUT2D eigenvalue weighted by Crippen LogP contribution is 2.67. The Morgan fingerprint density at radius 2 is 0.976 bits per heavy atom. The molecule has 5 aliphatic carbocycles. The predicted octanol–water partition coefficient (Wildman–Crippen LogP) is 30.1. The van der Waals surface area contributed by atoms with Gasteiger partial charge in [-0.25, -0.2) is 0 Å². The Balaban J connectivity index is -0.000000415. The third-order valence-electron chi connectivity index (χ3n) is 18.3. The largest absolute Gasteiger partial charge is 0.470 e. The minimum absolute atomic E-state index is 0.542. The second-order valence-electron chi connectivity index (χ2n) is 29.5. The molecule has 0 aliphatic heterocycles. The summed E-state index contributed by atoms with van der Waals surface area (Å²) < 4.78 is 4.83. The second-order valence-corrected chi connectivity index (χ2v) is 30.3. The van der Waals surface area contributed by atoms with E-state index in [0.29, 0.717) is 21.7 Å². The number of benzene rings is 1. The molecule has 496 valence electrons. The molecule has 3 heterocycles. The zero-order valence-corrected chi connectivity index (χ0v) is 63.2. The normalized spacial score (nSPS) is 16.3. The Morgan fingerprint density at radius 1 is 0.536 bits per heavy atom.